The second-order valence-electron chi connectivity index (χ2n) is 5.83. The van der Waals surface area contributed by atoms with Crippen LogP contribution in [0.1, 0.15) is 12.8 Å². The number of amides is 1. The van der Waals surface area contributed by atoms with E-state index in [4.69, 9.17) is 9.47 Å². The lowest BCUT2D eigenvalue weighted by Crippen LogP contribution is -2.42. The Morgan fingerprint density at radius 3 is 2.81 bits per heavy atom. The normalized spacial score (nSPS) is 17.0. The van der Waals surface area contributed by atoms with Gasteiger partial charge in [-0.05, 0) is 25.0 Å². The van der Waals surface area contributed by atoms with E-state index in [0.717, 1.165) is 31.6 Å². The molecule has 1 unspecified atom stereocenters. The van der Waals surface area contributed by atoms with Crippen molar-refractivity contribution in [3.63, 3.8) is 0 Å². The summed E-state index contributed by atoms with van der Waals surface area (Å²) in [4.78, 5) is 15.8. The first kappa shape index (κ1) is 21.0. The number of benzene rings is 1. The van der Waals surface area contributed by atoms with Gasteiger partial charge < -0.3 is 25.4 Å². The average Bonchev–Trinajstić information content (AvgIpc) is 3.18. The number of nitrogens with zero attached hydrogens (tertiary/aromatic N) is 1. The predicted molar refractivity (Wildman–Crippen MR) is 94.1 cm³/mol. The van der Waals surface area contributed by atoms with Gasteiger partial charge in [-0.2, -0.15) is 0 Å². The fourth-order valence-electron chi connectivity index (χ4n) is 2.37. The molecule has 150 valence electrons. The van der Waals surface area contributed by atoms with Crippen LogP contribution in [0.2, 0.25) is 0 Å². The van der Waals surface area contributed by atoms with Gasteiger partial charge in [0.2, 0.25) is 5.91 Å². The van der Waals surface area contributed by atoms with E-state index in [1.54, 1.807) is 0 Å². The first-order chi connectivity index (χ1) is 13.0. The smallest absolute Gasteiger partial charge is 0.243 e. The molecule has 1 aromatic rings. The number of hydrogen-bond acceptors (Lipinski definition) is 4. The van der Waals surface area contributed by atoms with Crippen LogP contribution in [0.3, 0.4) is 0 Å². The summed E-state index contributed by atoms with van der Waals surface area (Å²) in [6.07, 6.45) is 1.80. The minimum Gasteiger partial charge on any atom is -0.379 e. The molecule has 7 nitrogen and oxygen atoms in total. The SMILES string of the molecule is CN=C(NCCCOC1CCOC1)NCC(=O)Nc1ccc(F)c(F)c1F. The number of carbonyl (C=O) groups excluding carboxylic acids is 1. The van der Waals surface area contributed by atoms with Crippen molar-refractivity contribution in [1.29, 1.82) is 0 Å². The zero-order chi connectivity index (χ0) is 19.6. The van der Waals surface area contributed by atoms with Crippen LogP contribution in [0.5, 0.6) is 0 Å². The maximum atomic E-state index is 13.5. The predicted octanol–water partition coefficient (Wildman–Crippen LogP) is 1.40. The second-order valence-corrected chi connectivity index (χ2v) is 5.83. The zero-order valence-electron chi connectivity index (χ0n) is 15.0. The lowest BCUT2D eigenvalue weighted by Gasteiger charge is -2.13. The van der Waals surface area contributed by atoms with E-state index in [9.17, 15) is 18.0 Å². The molecule has 0 bridgehead atoms. The summed E-state index contributed by atoms with van der Waals surface area (Å²) in [6, 6.07) is 1.69. The third-order valence-electron chi connectivity index (χ3n) is 3.80. The third-order valence-corrected chi connectivity index (χ3v) is 3.80. The summed E-state index contributed by atoms with van der Waals surface area (Å²) < 4.78 is 50.4. The van der Waals surface area contributed by atoms with Gasteiger partial charge in [-0.15, -0.1) is 0 Å². The van der Waals surface area contributed by atoms with Gasteiger partial charge in [0, 0.05) is 26.8 Å². The van der Waals surface area contributed by atoms with Crippen molar-refractivity contribution >= 4 is 17.6 Å². The minimum atomic E-state index is -1.63. The molecule has 2 rings (SSSR count). The second kappa shape index (κ2) is 10.7. The van der Waals surface area contributed by atoms with Gasteiger partial charge in [0.1, 0.15) is 0 Å². The highest BCUT2D eigenvalue weighted by Crippen LogP contribution is 2.19. The molecular weight excluding hydrogens is 365 g/mol. The minimum absolute atomic E-state index is 0.155. The molecule has 3 N–H and O–H groups in total. The molecular formula is C17H23F3N4O3. The van der Waals surface area contributed by atoms with Crippen LogP contribution < -0.4 is 16.0 Å². The molecule has 27 heavy (non-hydrogen) atoms. The molecule has 0 aliphatic carbocycles. The van der Waals surface area contributed by atoms with Gasteiger partial charge in [0.25, 0.3) is 0 Å². The van der Waals surface area contributed by atoms with E-state index < -0.39 is 29.0 Å². The molecule has 1 atom stereocenters. The Bertz CT molecular complexity index is 667. The zero-order valence-corrected chi connectivity index (χ0v) is 15.0. The van der Waals surface area contributed by atoms with Gasteiger partial charge in [-0.25, -0.2) is 13.2 Å². The Morgan fingerprint density at radius 1 is 1.30 bits per heavy atom. The molecule has 1 saturated heterocycles. The number of nitrogens with one attached hydrogen (secondary N) is 3. The molecule has 1 heterocycles. The molecule has 0 aromatic heterocycles. The number of carbonyl (C=O) groups is 1. The van der Waals surface area contributed by atoms with Crippen molar-refractivity contribution in [1.82, 2.24) is 10.6 Å². The number of anilines is 1. The fraction of sp³-hybridized carbons (Fsp3) is 0.529. The monoisotopic (exact) mass is 388 g/mol. The summed E-state index contributed by atoms with van der Waals surface area (Å²) in [6.45, 7) is 2.29. The maximum absolute atomic E-state index is 13.5. The van der Waals surface area contributed by atoms with Crippen LogP contribution in [0.25, 0.3) is 0 Å². The molecule has 1 aliphatic heterocycles. The van der Waals surface area contributed by atoms with Crippen LogP contribution in [-0.2, 0) is 14.3 Å². The van der Waals surface area contributed by atoms with Gasteiger partial charge in [-0.1, -0.05) is 0 Å². The van der Waals surface area contributed by atoms with Crippen LogP contribution in [0.15, 0.2) is 17.1 Å². The Kier molecular flexibility index (Phi) is 8.34. The van der Waals surface area contributed by atoms with Gasteiger partial charge >= 0.3 is 0 Å². The van der Waals surface area contributed by atoms with Crippen LogP contribution in [0, 0.1) is 17.5 Å². The summed E-state index contributed by atoms with van der Waals surface area (Å²) in [5.41, 5.74) is -0.434. The molecule has 1 aliphatic rings. The Hall–Kier alpha value is -2.33. The number of rotatable bonds is 8. The average molecular weight is 388 g/mol. The highest BCUT2D eigenvalue weighted by molar-refractivity contribution is 5.95. The molecule has 0 saturated carbocycles. The Morgan fingerprint density at radius 2 is 2.11 bits per heavy atom. The molecule has 1 fully saturated rings. The number of ether oxygens (including phenoxy) is 2. The summed E-state index contributed by atoms with van der Waals surface area (Å²) in [5.74, 6) is -4.66. The fourth-order valence-corrected chi connectivity index (χ4v) is 2.37. The van der Waals surface area contributed by atoms with E-state index in [-0.39, 0.29) is 12.6 Å². The van der Waals surface area contributed by atoms with Crippen molar-refractivity contribution in [3.8, 4) is 0 Å². The van der Waals surface area contributed by atoms with E-state index in [2.05, 4.69) is 20.9 Å². The number of hydrogen-bond donors (Lipinski definition) is 3. The van der Waals surface area contributed by atoms with Gasteiger partial charge in [0.15, 0.2) is 23.4 Å². The number of aliphatic imine (C=N–C) groups is 1. The van der Waals surface area contributed by atoms with Gasteiger partial charge in [0.05, 0.1) is 24.9 Å². The van der Waals surface area contributed by atoms with Crippen molar-refractivity contribution in [2.24, 2.45) is 4.99 Å². The molecule has 0 radical (unpaired) electrons. The Balaban J connectivity index is 1.66. The summed E-state index contributed by atoms with van der Waals surface area (Å²) in [7, 11) is 1.54. The topological polar surface area (TPSA) is 84.0 Å². The maximum Gasteiger partial charge on any atom is 0.243 e. The van der Waals surface area contributed by atoms with Crippen LogP contribution in [-0.4, -0.2) is 57.9 Å². The van der Waals surface area contributed by atoms with Gasteiger partial charge in [-0.3, -0.25) is 9.79 Å². The van der Waals surface area contributed by atoms with E-state index in [1.807, 2.05) is 0 Å². The molecule has 1 amide bonds. The van der Waals surface area contributed by atoms with E-state index in [1.165, 1.54) is 7.05 Å². The lowest BCUT2D eigenvalue weighted by atomic mass is 10.2. The molecule has 0 spiro atoms. The van der Waals surface area contributed by atoms with Crippen LogP contribution >= 0.6 is 0 Å². The van der Waals surface area contributed by atoms with E-state index >= 15 is 0 Å². The highest BCUT2D eigenvalue weighted by Gasteiger charge is 2.16. The van der Waals surface area contributed by atoms with E-state index in [0.29, 0.717) is 25.7 Å². The number of halogens is 3. The highest BCUT2D eigenvalue weighted by atomic mass is 19.2. The van der Waals surface area contributed by atoms with Crippen molar-refractivity contribution in [2.45, 2.75) is 18.9 Å². The summed E-state index contributed by atoms with van der Waals surface area (Å²) in [5, 5.41) is 7.92. The lowest BCUT2D eigenvalue weighted by molar-refractivity contribution is -0.115. The molecule has 10 heteroatoms. The van der Waals surface area contributed by atoms with Crippen molar-refractivity contribution in [3.05, 3.63) is 29.6 Å². The van der Waals surface area contributed by atoms with Crippen molar-refractivity contribution in [2.75, 3.05) is 45.3 Å². The first-order valence-corrected chi connectivity index (χ1v) is 8.58. The first-order valence-electron chi connectivity index (χ1n) is 8.58. The third kappa shape index (κ3) is 6.72. The van der Waals surface area contributed by atoms with Crippen molar-refractivity contribution < 1.29 is 27.4 Å². The number of guanidine groups is 1. The van der Waals surface area contributed by atoms with Crippen LogP contribution in [0.4, 0.5) is 18.9 Å². The quantitative estimate of drug-likeness (QED) is 0.271. The Labute approximate surface area is 155 Å². The summed E-state index contributed by atoms with van der Waals surface area (Å²) >= 11 is 0. The largest absolute Gasteiger partial charge is 0.379 e. The standard InChI is InChI=1S/C17H23F3N4O3/c1-21-17(22-6-2-7-27-11-5-8-26-10-11)23-9-14(25)24-13-4-3-12(18)15(19)16(13)20/h3-4,11H,2,5-10H2,1H3,(H,24,25)(H2,21,22,23). The molecule has 1 aromatic carbocycles.